The molecule has 1 aromatic heterocycles. The molecule has 0 saturated carbocycles. The maximum absolute atomic E-state index is 12.0. The zero-order chi connectivity index (χ0) is 17.4. The summed E-state index contributed by atoms with van der Waals surface area (Å²) in [5.74, 6) is 0.771. The molecule has 130 valence electrons. The Hall–Kier alpha value is -2.35. The van der Waals surface area contributed by atoms with Crippen LogP contribution in [0.2, 0.25) is 0 Å². The summed E-state index contributed by atoms with van der Waals surface area (Å²) >= 11 is 1.35. The minimum absolute atomic E-state index is 0.349. The van der Waals surface area contributed by atoms with E-state index < -0.39 is 0 Å². The van der Waals surface area contributed by atoms with Crippen LogP contribution in [0.25, 0.3) is 0 Å². The fourth-order valence-electron chi connectivity index (χ4n) is 1.97. The Kier molecular flexibility index (Phi) is 6.80. The number of benzene rings is 1. The van der Waals surface area contributed by atoms with Gasteiger partial charge in [0.2, 0.25) is 10.3 Å². The van der Waals surface area contributed by atoms with E-state index in [9.17, 15) is 4.79 Å². The van der Waals surface area contributed by atoms with Gasteiger partial charge < -0.3 is 15.0 Å². The van der Waals surface area contributed by atoms with Crippen molar-refractivity contribution in [2.24, 2.45) is 0 Å². The molecular formula is C16H23N5O2S. The van der Waals surface area contributed by atoms with Crippen LogP contribution in [0, 0.1) is 0 Å². The van der Waals surface area contributed by atoms with Crippen molar-refractivity contribution < 1.29 is 9.53 Å². The minimum Gasteiger partial charge on any atom is -0.494 e. The molecule has 24 heavy (non-hydrogen) atoms. The lowest BCUT2D eigenvalue weighted by Crippen LogP contribution is -2.19. The quantitative estimate of drug-likeness (QED) is 0.757. The number of urea groups is 1. The molecule has 2 aromatic rings. The molecule has 0 radical (unpaired) electrons. The van der Waals surface area contributed by atoms with Crippen LogP contribution in [0.1, 0.15) is 26.7 Å². The Morgan fingerprint density at radius 1 is 1.21 bits per heavy atom. The second kappa shape index (κ2) is 9.07. The lowest BCUT2D eigenvalue weighted by atomic mass is 10.3. The second-order valence-electron chi connectivity index (χ2n) is 5.20. The first kappa shape index (κ1) is 18.0. The predicted octanol–water partition coefficient (Wildman–Crippen LogP) is 3.82. The summed E-state index contributed by atoms with van der Waals surface area (Å²) in [5, 5.41) is 14.8. The van der Waals surface area contributed by atoms with Crippen LogP contribution in [0.4, 0.5) is 20.7 Å². The number of nitrogens with zero attached hydrogens (tertiary/aromatic N) is 3. The van der Waals surface area contributed by atoms with Crippen molar-refractivity contribution >= 4 is 33.3 Å². The molecule has 1 aromatic carbocycles. The Morgan fingerprint density at radius 3 is 2.62 bits per heavy atom. The molecule has 0 aliphatic carbocycles. The van der Waals surface area contributed by atoms with Crippen LogP contribution in [0.5, 0.6) is 5.75 Å². The highest BCUT2D eigenvalue weighted by Gasteiger charge is 2.11. The summed E-state index contributed by atoms with van der Waals surface area (Å²) in [6, 6.07) is 6.84. The fraction of sp³-hybridized carbons (Fsp3) is 0.438. The van der Waals surface area contributed by atoms with Gasteiger partial charge in [0.05, 0.1) is 6.61 Å². The minimum atomic E-state index is -0.349. The monoisotopic (exact) mass is 349 g/mol. The molecule has 0 spiro atoms. The number of rotatable bonds is 8. The first-order chi connectivity index (χ1) is 11.6. The van der Waals surface area contributed by atoms with Gasteiger partial charge in [0.15, 0.2) is 0 Å². The number of aromatic nitrogens is 2. The fourth-order valence-corrected chi connectivity index (χ4v) is 2.70. The van der Waals surface area contributed by atoms with E-state index in [-0.39, 0.29) is 6.03 Å². The van der Waals surface area contributed by atoms with Crippen molar-refractivity contribution in [2.45, 2.75) is 26.7 Å². The van der Waals surface area contributed by atoms with E-state index in [0.29, 0.717) is 17.4 Å². The maximum Gasteiger partial charge on any atom is 0.325 e. The number of hydrogen-bond acceptors (Lipinski definition) is 6. The van der Waals surface area contributed by atoms with E-state index >= 15 is 0 Å². The number of hydrogen-bond donors (Lipinski definition) is 2. The van der Waals surface area contributed by atoms with Gasteiger partial charge in [-0.1, -0.05) is 24.7 Å². The predicted molar refractivity (Wildman–Crippen MR) is 98.3 cm³/mol. The van der Waals surface area contributed by atoms with Gasteiger partial charge in [0.1, 0.15) is 5.75 Å². The maximum atomic E-state index is 12.0. The molecule has 1 heterocycles. The van der Waals surface area contributed by atoms with Gasteiger partial charge in [-0.15, -0.1) is 10.2 Å². The lowest BCUT2D eigenvalue weighted by molar-refractivity contribution is 0.262. The highest BCUT2D eigenvalue weighted by molar-refractivity contribution is 7.19. The van der Waals surface area contributed by atoms with Crippen molar-refractivity contribution in [3.05, 3.63) is 24.3 Å². The normalized spacial score (nSPS) is 10.3. The average molecular weight is 349 g/mol. The Morgan fingerprint density at radius 2 is 1.96 bits per heavy atom. The summed E-state index contributed by atoms with van der Waals surface area (Å²) < 4.78 is 5.36. The molecule has 2 amide bonds. The number of unbranched alkanes of at least 4 members (excludes halogenated alkanes) is 1. The average Bonchev–Trinajstić information content (AvgIpc) is 3.03. The number of carbonyl (C=O) groups is 1. The summed E-state index contributed by atoms with van der Waals surface area (Å²) in [7, 11) is 1.97. The number of nitrogens with one attached hydrogen (secondary N) is 2. The van der Waals surface area contributed by atoms with Gasteiger partial charge in [-0.25, -0.2) is 4.79 Å². The number of carbonyl (C=O) groups excluding carboxylic acids is 1. The SMILES string of the molecule is CCCCN(C)c1nnc(NC(=O)Nc2ccc(OCC)cc2)s1. The van der Waals surface area contributed by atoms with Crippen molar-refractivity contribution in [3.63, 3.8) is 0 Å². The first-order valence-corrected chi connectivity index (χ1v) is 8.79. The number of amides is 2. The first-order valence-electron chi connectivity index (χ1n) is 7.98. The van der Waals surface area contributed by atoms with Crippen LogP contribution < -0.4 is 20.3 Å². The van der Waals surface area contributed by atoms with Crippen LogP contribution in [-0.4, -0.2) is 36.4 Å². The van der Waals surface area contributed by atoms with E-state index in [1.807, 2.05) is 31.0 Å². The third kappa shape index (κ3) is 5.38. The molecule has 2 N–H and O–H groups in total. The largest absolute Gasteiger partial charge is 0.494 e. The van der Waals surface area contributed by atoms with Gasteiger partial charge in [0, 0.05) is 19.3 Å². The van der Waals surface area contributed by atoms with Gasteiger partial charge in [-0.2, -0.15) is 0 Å². The number of anilines is 3. The van der Waals surface area contributed by atoms with Crippen LogP contribution >= 0.6 is 11.3 Å². The molecule has 0 bridgehead atoms. The summed E-state index contributed by atoms with van der Waals surface area (Å²) in [4.78, 5) is 14.1. The topological polar surface area (TPSA) is 79.4 Å². The van der Waals surface area contributed by atoms with E-state index in [2.05, 4.69) is 27.8 Å². The van der Waals surface area contributed by atoms with Crippen molar-refractivity contribution in [3.8, 4) is 5.75 Å². The summed E-state index contributed by atoms with van der Waals surface area (Å²) in [5.41, 5.74) is 0.681. The summed E-state index contributed by atoms with van der Waals surface area (Å²) in [6.07, 6.45) is 2.22. The molecule has 0 aliphatic rings. The van der Waals surface area contributed by atoms with Crippen LogP contribution in [0.3, 0.4) is 0 Å². The zero-order valence-corrected chi connectivity index (χ0v) is 15.0. The Labute approximate surface area is 146 Å². The third-order valence-electron chi connectivity index (χ3n) is 3.23. The molecule has 0 saturated heterocycles. The van der Waals surface area contributed by atoms with Crippen LogP contribution in [-0.2, 0) is 0 Å². The van der Waals surface area contributed by atoms with E-state index in [4.69, 9.17) is 4.74 Å². The molecule has 0 aliphatic heterocycles. The molecule has 8 heteroatoms. The van der Waals surface area contributed by atoms with Crippen molar-refractivity contribution in [1.29, 1.82) is 0 Å². The third-order valence-corrected chi connectivity index (χ3v) is 4.18. The molecule has 0 atom stereocenters. The van der Waals surface area contributed by atoms with Gasteiger partial charge in [-0.3, -0.25) is 5.32 Å². The zero-order valence-electron chi connectivity index (χ0n) is 14.2. The highest BCUT2D eigenvalue weighted by atomic mass is 32.1. The molecule has 7 nitrogen and oxygen atoms in total. The second-order valence-corrected chi connectivity index (χ2v) is 6.16. The van der Waals surface area contributed by atoms with Crippen molar-refractivity contribution in [2.75, 3.05) is 35.7 Å². The van der Waals surface area contributed by atoms with Gasteiger partial charge in [0.25, 0.3) is 0 Å². The van der Waals surface area contributed by atoms with Gasteiger partial charge in [-0.05, 0) is 37.6 Å². The Bertz CT molecular complexity index is 644. The van der Waals surface area contributed by atoms with E-state index in [1.54, 1.807) is 12.1 Å². The van der Waals surface area contributed by atoms with Crippen LogP contribution in [0.15, 0.2) is 24.3 Å². The van der Waals surface area contributed by atoms with Crippen molar-refractivity contribution in [1.82, 2.24) is 10.2 Å². The molecular weight excluding hydrogens is 326 g/mol. The van der Waals surface area contributed by atoms with E-state index in [1.165, 1.54) is 11.3 Å². The van der Waals surface area contributed by atoms with E-state index in [0.717, 1.165) is 30.3 Å². The molecule has 2 rings (SSSR count). The highest BCUT2D eigenvalue weighted by Crippen LogP contribution is 2.23. The number of ether oxygens (including phenoxy) is 1. The smallest absolute Gasteiger partial charge is 0.325 e. The molecule has 0 fully saturated rings. The standard InChI is InChI=1S/C16H23N5O2S/c1-4-6-11-21(3)16-20-19-15(24-16)18-14(22)17-12-7-9-13(10-8-12)23-5-2/h7-10H,4-6,11H2,1-3H3,(H2,17,18,19,22). The van der Waals surface area contributed by atoms with Gasteiger partial charge >= 0.3 is 6.03 Å². The molecule has 0 unspecified atom stereocenters. The summed E-state index contributed by atoms with van der Waals surface area (Å²) in [6.45, 7) is 5.60. The lowest BCUT2D eigenvalue weighted by Gasteiger charge is -2.13. The Balaban J connectivity index is 1.87.